The van der Waals surface area contributed by atoms with Crippen LogP contribution in [-0.2, 0) is 7.05 Å². The SMILES string of the molecule is Cc1nn(C)c(C)c1OCCNCC1CC1. The van der Waals surface area contributed by atoms with Crippen molar-refractivity contribution in [2.45, 2.75) is 26.7 Å². The van der Waals surface area contributed by atoms with E-state index in [0.717, 1.165) is 42.8 Å². The van der Waals surface area contributed by atoms with Crippen LogP contribution in [-0.4, -0.2) is 29.5 Å². The first-order chi connectivity index (χ1) is 7.68. The lowest BCUT2D eigenvalue weighted by molar-refractivity contribution is 0.309. The number of nitrogens with zero attached hydrogens (tertiary/aromatic N) is 2. The molecule has 0 aromatic carbocycles. The third kappa shape index (κ3) is 2.76. The molecule has 1 saturated carbocycles. The Labute approximate surface area is 97.0 Å². The zero-order valence-electron chi connectivity index (χ0n) is 10.4. The molecular weight excluding hydrogens is 202 g/mol. The highest BCUT2D eigenvalue weighted by Gasteiger charge is 2.20. The molecule has 0 spiro atoms. The van der Waals surface area contributed by atoms with Crippen LogP contribution in [0.5, 0.6) is 5.75 Å². The Morgan fingerprint density at radius 2 is 2.19 bits per heavy atom. The van der Waals surface area contributed by atoms with Crippen molar-refractivity contribution in [1.29, 1.82) is 0 Å². The smallest absolute Gasteiger partial charge is 0.163 e. The number of aryl methyl sites for hydroxylation is 2. The van der Waals surface area contributed by atoms with Crippen molar-refractivity contribution in [3.05, 3.63) is 11.4 Å². The summed E-state index contributed by atoms with van der Waals surface area (Å²) in [6.45, 7) is 6.81. The van der Waals surface area contributed by atoms with E-state index in [1.807, 2.05) is 25.6 Å². The van der Waals surface area contributed by atoms with Crippen LogP contribution in [0.25, 0.3) is 0 Å². The van der Waals surface area contributed by atoms with Crippen LogP contribution in [0.3, 0.4) is 0 Å². The summed E-state index contributed by atoms with van der Waals surface area (Å²) in [5.74, 6) is 1.87. The minimum Gasteiger partial charge on any atom is -0.488 e. The molecule has 1 aromatic rings. The molecule has 1 aliphatic rings. The second-order valence-corrected chi connectivity index (χ2v) is 4.62. The predicted octanol–water partition coefficient (Wildman–Crippen LogP) is 1.42. The average Bonchev–Trinajstić information content (AvgIpc) is 3.02. The number of hydrogen-bond donors (Lipinski definition) is 1. The summed E-state index contributed by atoms with van der Waals surface area (Å²) in [5, 5.41) is 7.73. The molecule has 90 valence electrons. The fourth-order valence-corrected chi connectivity index (χ4v) is 1.82. The standard InChI is InChI=1S/C12H21N3O/c1-9-12(10(2)15(3)14-9)16-7-6-13-8-11-4-5-11/h11,13H,4-8H2,1-3H3. The van der Waals surface area contributed by atoms with Crippen molar-refractivity contribution in [3.63, 3.8) is 0 Å². The van der Waals surface area contributed by atoms with E-state index in [2.05, 4.69) is 10.4 Å². The van der Waals surface area contributed by atoms with Crippen LogP contribution in [0.1, 0.15) is 24.2 Å². The Kier molecular flexibility index (Phi) is 3.49. The van der Waals surface area contributed by atoms with Crippen LogP contribution in [0.15, 0.2) is 0 Å². The minimum absolute atomic E-state index is 0.722. The lowest BCUT2D eigenvalue weighted by Gasteiger charge is -2.07. The molecule has 1 heterocycles. The van der Waals surface area contributed by atoms with Gasteiger partial charge in [-0.1, -0.05) is 0 Å². The van der Waals surface area contributed by atoms with Crippen LogP contribution >= 0.6 is 0 Å². The molecule has 2 rings (SSSR count). The zero-order valence-corrected chi connectivity index (χ0v) is 10.4. The Morgan fingerprint density at radius 3 is 2.75 bits per heavy atom. The first-order valence-corrected chi connectivity index (χ1v) is 6.02. The van der Waals surface area contributed by atoms with E-state index in [-0.39, 0.29) is 0 Å². The maximum absolute atomic E-state index is 5.74. The van der Waals surface area contributed by atoms with Crippen LogP contribution < -0.4 is 10.1 Å². The molecular formula is C12H21N3O. The van der Waals surface area contributed by atoms with E-state index in [1.165, 1.54) is 12.8 Å². The molecule has 1 aromatic heterocycles. The monoisotopic (exact) mass is 223 g/mol. The molecule has 1 fully saturated rings. The molecule has 0 amide bonds. The highest BCUT2D eigenvalue weighted by atomic mass is 16.5. The van der Waals surface area contributed by atoms with Gasteiger partial charge in [0.15, 0.2) is 5.75 Å². The lowest BCUT2D eigenvalue weighted by Crippen LogP contribution is -2.23. The molecule has 1 aliphatic carbocycles. The van der Waals surface area contributed by atoms with Gasteiger partial charge in [-0.05, 0) is 39.2 Å². The average molecular weight is 223 g/mol. The fourth-order valence-electron chi connectivity index (χ4n) is 1.82. The highest BCUT2D eigenvalue weighted by molar-refractivity contribution is 5.31. The molecule has 16 heavy (non-hydrogen) atoms. The van der Waals surface area contributed by atoms with Crippen molar-refractivity contribution in [2.75, 3.05) is 19.7 Å². The van der Waals surface area contributed by atoms with Gasteiger partial charge in [-0.3, -0.25) is 4.68 Å². The Balaban J connectivity index is 1.71. The fraction of sp³-hybridized carbons (Fsp3) is 0.750. The van der Waals surface area contributed by atoms with E-state index in [4.69, 9.17) is 4.74 Å². The molecule has 4 nitrogen and oxygen atoms in total. The van der Waals surface area contributed by atoms with Crippen molar-refractivity contribution in [1.82, 2.24) is 15.1 Å². The van der Waals surface area contributed by atoms with Gasteiger partial charge in [-0.25, -0.2) is 0 Å². The molecule has 0 unspecified atom stereocenters. The molecule has 0 bridgehead atoms. The van der Waals surface area contributed by atoms with Crippen LogP contribution in [0.2, 0.25) is 0 Å². The number of hydrogen-bond acceptors (Lipinski definition) is 3. The number of rotatable bonds is 6. The van der Waals surface area contributed by atoms with Gasteiger partial charge >= 0.3 is 0 Å². The van der Waals surface area contributed by atoms with Crippen molar-refractivity contribution in [3.8, 4) is 5.75 Å². The van der Waals surface area contributed by atoms with E-state index >= 15 is 0 Å². The van der Waals surface area contributed by atoms with Gasteiger partial charge < -0.3 is 10.1 Å². The van der Waals surface area contributed by atoms with Gasteiger partial charge in [0, 0.05) is 13.6 Å². The highest BCUT2D eigenvalue weighted by Crippen LogP contribution is 2.27. The largest absolute Gasteiger partial charge is 0.488 e. The van der Waals surface area contributed by atoms with Crippen LogP contribution in [0.4, 0.5) is 0 Å². The second-order valence-electron chi connectivity index (χ2n) is 4.62. The Bertz CT molecular complexity index is 355. The van der Waals surface area contributed by atoms with Gasteiger partial charge in [0.05, 0.1) is 5.69 Å². The van der Waals surface area contributed by atoms with E-state index in [9.17, 15) is 0 Å². The van der Waals surface area contributed by atoms with E-state index in [0.29, 0.717) is 0 Å². The maximum Gasteiger partial charge on any atom is 0.163 e. The van der Waals surface area contributed by atoms with Crippen LogP contribution in [0, 0.1) is 19.8 Å². The molecule has 4 heteroatoms. The lowest BCUT2D eigenvalue weighted by atomic mass is 10.3. The van der Waals surface area contributed by atoms with Crippen molar-refractivity contribution in [2.24, 2.45) is 13.0 Å². The molecule has 0 radical (unpaired) electrons. The summed E-state index contributed by atoms with van der Waals surface area (Å²) in [5.41, 5.74) is 2.07. The van der Waals surface area contributed by atoms with E-state index in [1.54, 1.807) is 0 Å². The van der Waals surface area contributed by atoms with Crippen molar-refractivity contribution >= 4 is 0 Å². The third-order valence-electron chi connectivity index (χ3n) is 3.10. The van der Waals surface area contributed by atoms with Gasteiger partial charge in [0.25, 0.3) is 0 Å². The quantitative estimate of drug-likeness (QED) is 0.741. The van der Waals surface area contributed by atoms with Gasteiger partial charge in [-0.2, -0.15) is 5.10 Å². The zero-order chi connectivity index (χ0) is 11.5. The first kappa shape index (κ1) is 11.5. The summed E-state index contributed by atoms with van der Waals surface area (Å²) in [4.78, 5) is 0. The van der Waals surface area contributed by atoms with E-state index < -0.39 is 0 Å². The Morgan fingerprint density at radius 1 is 1.44 bits per heavy atom. The molecule has 1 N–H and O–H groups in total. The van der Waals surface area contributed by atoms with Gasteiger partial charge in [0.1, 0.15) is 12.3 Å². The maximum atomic E-state index is 5.74. The predicted molar refractivity (Wildman–Crippen MR) is 63.8 cm³/mol. The van der Waals surface area contributed by atoms with Crippen molar-refractivity contribution < 1.29 is 4.74 Å². The minimum atomic E-state index is 0.722. The molecule has 0 atom stereocenters. The number of aromatic nitrogens is 2. The molecule has 0 saturated heterocycles. The summed E-state index contributed by atoms with van der Waals surface area (Å²) in [6.07, 6.45) is 2.79. The van der Waals surface area contributed by atoms with Gasteiger partial charge in [-0.15, -0.1) is 0 Å². The summed E-state index contributed by atoms with van der Waals surface area (Å²) in [7, 11) is 1.94. The second kappa shape index (κ2) is 4.87. The summed E-state index contributed by atoms with van der Waals surface area (Å²) >= 11 is 0. The summed E-state index contributed by atoms with van der Waals surface area (Å²) in [6, 6.07) is 0. The number of ether oxygens (including phenoxy) is 1. The molecule has 0 aliphatic heterocycles. The Hall–Kier alpha value is -1.03. The number of nitrogens with one attached hydrogen (secondary N) is 1. The first-order valence-electron chi connectivity index (χ1n) is 6.02. The van der Waals surface area contributed by atoms with Gasteiger partial charge in [0.2, 0.25) is 0 Å². The third-order valence-corrected chi connectivity index (χ3v) is 3.10. The normalized spacial score (nSPS) is 15.4. The summed E-state index contributed by atoms with van der Waals surface area (Å²) < 4.78 is 7.61. The topological polar surface area (TPSA) is 39.1 Å².